The first-order chi connectivity index (χ1) is 15.8. The molecule has 3 amide bonds. The Morgan fingerprint density at radius 1 is 1.11 bits per heavy atom. The second kappa shape index (κ2) is 13.9. The van der Waals surface area contributed by atoms with E-state index in [-0.39, 0.29) is 77.6 Å². The number of urea groups is 1. The molecule has 0 bridgehead atoms. The SMILES string of the molecule is O=C(CN1C(=O)CCN(C2OC(COP(=O)([O-])OP(=O)([O-])O)C(O)C2O)C1=O)c1ccccc1.[Na+].[Na+]. The largest absolute Gasteiger partial charge is 1.00 e. The minimum Gasteiger partial charge on any atom is -0.756 e. The van der Waals surface area contributed by atoms with Gasteiger partial charge >= 0.3 is 65.1 Å². The van der Waals surface area contributed by atoms with Gasteiger partial charge in [0.1, 0.15) is 18.3 Å². The van der Waals surface area contributed by atoms with Gasteiger partial charge in [0.25, 0.3) is 15.6 Å². The van der Waals surface area contributed by atoms with Crippen LogP contribution in [0.25, 0.3) is 0 Å². The number of nitrogens with zero attached hydrogens (tertiary/aromatic N) is 2. The van der Waals surface area contributed by atoms with Crippen molar-refractivity contribution in [3.8, 4) is 0 Å². The quantitative estimate of drug-likeness (QED) is 0.143. The van der Waals surface area contributed by atoms with Crippen LogP contribution in [0.2, 0.25) is 0 Å². The minimum atomic E-state index is -5.69. The van der Waals surface area contributed by atoms with Gasteiger partial charge in [-0.2, -0.15) is 0 Å². The van der Waals surface area contributed by atoms with Crippen molar-refractivity contribution >= 4 is 33.4 Å². The second-order valence-electron chi connectivity index (χ2n) is 7.33. The fraction of sp³-hybridized carbons (Fsp3) is 0.471. The fourth-order valence-corrected chi connectivity index (χ4v) is 4.93. The van der Waals surface area contributed by atoms with E-state index in [1.807, 2.05) is 0 Å². The molecular weight excluding hydrogens is 548 g/mol. The molecule has 3 N–H and O–H groups in total. The molecule has 3 rings (SSSR count). The number of ether oxygens (including phenoxy) is 1. The summed E-state index contributed by atoms with van der Waals surface area (Å²) in [5.41, 5.74) is 0.264. The number of benzene rings is 1. The van der Waals surface area contributed by atoms with E-state index in [0.717, 1.165) is 4.90 Å². The molecule has 188 valence electrons. The number of ketones is 1. The molecule has 2 fully saturated rings. The van der Waals surface area contributed by atoms with E-state index in [2.05, 4.69) is 8.83 Å². The summed E-state index contributed by atoms with van der Waals surface area (Å²) in [6, 6.07) is 6.92. The third-order valence-corrected chi connectivity index (χ3v) is 7.08. The Kier molecular flexibility index (Phi) is 13.1. The predicted octanol–water partition coefficient (Wildman–Crippen LogP) is -8.06. The summed E-state index contributed by atoms with van der Waals surface area (Å²) in [6.07, 6.45) is -6.90. The Balaban J connectivity index is 0.00000324. The Morgan fingerprint density at radius 3 is 2.31 bits per heavy atom. The molecule has 0 spiro atoms. The molecule has 2 heterocycles. The number of carbonyl (C=O) groups excluding carboxylic acids is 3. The molecule has 36 heavy (non-hydrogen) atoms. The summed E-state index contributed by atoms with van der Waals surface area (Å²) in [5, 5.41) is 20.5. The third kappa shape index (κ3) is 8.75. The third-order valence-electron chi connectivity index (χ3n) is 4.99. The molecule has 6 atom stereocenters. The van der Waals surface area contributed by atoms with Gasteiger partial charge in [-0.1, -0.05) is 30.3 Å². The molecule has 2 aliphatic heterocycles. The van der Waals surface area contributed by atoms with Crippen molar-refractivity contribution in [1.29, 1.82) is 0 Å². The number of phosphoric ester groups is 1. The first kappa shape index (κ1) is 34.0. The fourth-order valence-electron chi connectivity index (χ4n) is 3.40. The minimum absolute atomic E-state index is 0. The van der Waals surface area contributed by atoms with Gasteiger partial charge in [0.15, 0.2) is 12.0 Å². The van der Waals surface area contributed by atoms with E-state index >= 15 is 0 Å². The van der Waals surface area contributed by atoms with E-state index in [4.69, 9.17) is 9.63 Å². The van der Waals surface area contributed by atoms with Gasteiger partial charge in [-0.15, -0.1) is 0 Å². The molecule has 15 nitrogen and oxygen atoms in total. The molecule has 0 aliphatic carbocycles. The molecule has 0 aromatic heterocycles. The van der Waals surface area contributed by atoms with Crippen LogP contribution in [-0.2, 0) is 27.5 Å². The van der Waals surface area contributed by atoms with Crippen LogP contribution >= 0.6 is 15.6 Å². The van der Waals surface area contributed by atoms with Crippen LogP contribution in [0.3, 0.4) is 0 Å². The average Bonchev–Trinajstić information content (AvgIpc) is 3.02. The molecule has 19 heteroatoms. The molecule has 2 saturated heterocycles. The number of Topliss-reactive ketones (excluding diaryl/α,β-unsaturated/α-hetero) is 1. The maximum absolute atomic E-state index is 12.9. The van der Waals surface area contributed by atoms with Gasteiger partial charge in [0, 0.05) is 18.5 Å². The van der Waals surface area contributed by atoms with E-state index < -0.39 is 71.1 Å². The predicted molar refractivity (Wildman–Crippen MR) is 104 cm³/mol. The summed E-state index contributed by atoms with van der Waals surface area (Å²) in [4.78, 5) is 69.6. The zero-order chi connectivity index (χ0) is 25.3. The number of rotatable bonds is 9. The molecule has 1 aromatic rings. The van der Waals surface area contributed by atoms with Crippen molar-refractivity contribution in [2.45, 2.75) is 31.0 Å². The number of aliphatic hydroxyl groups excluding tert-OH is 2. The Labute approximate surface area is 249 Å². The van der Waals surface area contributed by atoms with Crippen LogP contribution in [0.5, 0.6) is 0 Å². The summed E-state index contributed by atoms with van der Waals surface area (Å²) in [7, 11) is -11.2. The van der Waals surface area contributed by atoms with Gasteiger partial charge in [0.05, 0.1) is 13.2 Å². The zero-order valence-corrected chi connectivity index (χ0v) is 25.0. The van der Waals surface area contributed by atoms with Crippen LogP contribution in [0.15, 0.2) is 30.3 Å². The summed E-state index contributed by atoms with van der Waals surface area (Å²) >= 11 is 0. The average molecular weight is 568 g/mol. The van der Waals surface area contributed by atoms with Crippen LogP contribution in [0, 0.1) is 0 Å². The second-order valence-corrected chi connectivity index (χ2v) is 10.1. The number of imide groups is 1. The maximum atomic E-state index is 12.9. The van der Waals surface area contributed by atoms with Crippen LogP contribution in [0.4, 0.5) is 4.79 Å². The van der Waals surface area contributed by atoms with Crippen LogP contribution in [0.1, 0.15) is 16.8 Å². The van der Waals surface area contributed by atoms with E-state index in [9.17, 15) is 43.5 Å². The molecule has 0 saturated carbocycles. The summed E-state index contributed by atoms with van der Waals surface area (Å²) in [6.45, 7) is -1.85. The topological polar surface area (TPSA) is 226 Å². The molecule has 0 radical (unpaired) electrons. The van der Waals surface area contributed by atoms with Crippen molar-refractivity contribution < 1.29 is 121 Å². The van der Waals surface area contributed by atoms with E-state index in [0.29, 0.717) is 4.90 Å². The Hall–Kier alpha value is -0.0300. The first-order valence-electron chi connectivity index (χ1n) is 9.70. The summed E-state index contributed by atoms with van der Waals surface area (Å²) < 4.78 is 35.0. The molecular formula is C17H20N2Na2O13P2. The Bertz CT molecular complexity index is 1040. The smallest absolute Gasteiger partial charge is 0.756 e. The van der Waals surface area contributed by atoms with Crippen LogP contribution < -0.4 is 68.9 Å². The van der Waals surface area contributed by atoms with Crippen molar-refractivity contribution in [2.24, 2.45) is 0 Å². The van der Waals surface area contributed by atoms with Crippen molar-refractivity contribution in [3.63, 3.8) is 0 Å². The maximum Gasteiger partial charge on any atom is 1.00 e. The van der Waals surface area contributed by atoms with Gasteiger partial charge in [-0.25, -0.2) is 9.11 Å². The van der Waals surface area contributed by atoms with Crippen molar-refractivity contribution in [3.05, 3.63) is 35.9 Å². The van der Waals surface area contributed by atoms with E-state index in [1.54, 1.807) is 18.2 Å². The monoisotopic (exact) mass is 568 g/mol. The number of hydrogen-bond acceptors (Lipinski definition) is 12. The zero-order valence-electron chi connectivity index (χ0n) is 19.2. The number of amides is 3. The van der Waals surface area contributed by atoms with Crippen molar-refractivity contribution in [2.75, 3.05) is 19.7 Å². The van der Waals surface area contributed by atoms with Crippen LogP contribution in [-0.4, -0.2) is 86.9 Å². The number of phosphoric acid groups is 2. The van der Waals surface area contributed by atoms with E-state index in [1.165, 1.54) is 12.1 Å². The number of aliphatic hydroxyl groups is 2. The van der Waals surface area contributed by atoms with Gasteiger partial charge in [-0.3, -0.25) is 28.5 Å². The van der Waals surface area contributed by atoms with Gasteiger partial charge in [-0.05, 0) is 0 Å². The Morgan fingerprint density at radius 2 is 1.72 bits per heavy atom. The first-order valence-corrected chi connectivity index (χ1v) is 12.7. The summed E-state index contributed by atoms with van der Waals surface area (Å²) in [5.74, 6) is -1.16. The standard InChI is InChI=1S/C17H22N2O13P2.2Na/c20-11(10-4-2-1-3-5-10)8-19-13(21)6-7-18(17(19)24)16-15(23)14(22)12(31-16)9-30-34(28,29)32-33(25,26)27;;/h1-5,12,14-16,22-23H,6-9H2,(H,28,29)(H2,25,26,27);;/q;2*+1/p-2. The van der Waals surface area contributed by atoms with Crippen molar-refractivity contribution in [1.82, 2.24) is 9.80 Å². The van der Waals surface area contributed by atoms with Gasteiger partial charge < -0.3 is 34.2 Å². The molecule has 2 aliphatic rings. The van der Waals surface area contributed by atoms with Gasteiger partial charge in [0.2, 0.25) is 5.91 Å². The molecule has 1 aromatic carbocycles. The number of hydrogen-bond donors (Lipinski definition) is 3. The number of carbonyl (C=O) groups is 3. The molecule has 6 unspecified atom stereocenters. The normalized spacial score (nSPS) is 27.5.